The van der Waals surface area contributed by atoms with Crippen LogP contribution in [0, 0.1) is 0 Å². The van der Waals surface area contributed by atoms with Crippen LogP contribution in [0.15, 0.2) is 29.1 Å². The van der Waals surface area contributed by atoms with Crippen LogP contribution in [0.2, 0.25) is 0 Å². The Balaban J connectivity index is 2.55. The molecule has 3 nitrogen and oxygen atoms in total. The number of nitrogens with one attached hydrogen (secondary N) is 1. The Morgan fingerprint density at radius 1 is 1.33 bits per heavy atom. The molecule has 4 heteroatoms. The van der Waals surface area contributed by atoms with Gasteiger partial charge in [-0.25, -0.2) is 0 Å². The molecule has 0 unspecified atom stereocenters. The van der Waals surface area contributed by atoms with E-state index in [1.54, 1.807) is 24.3 Å². The number of rotatable bonds is 1. The maximum absolute atomic E-state index is 11.0. The molecule has 0 spiro atoms. The smallest absolute Gasteiger partial charge is 0.305 e. The van der Waals surface area contributed by atoms with Crippen molar-refractivity contribution in [1.29, 1.82) is 0 Å². The second kappa shape index (κ2) is 3.74. The first-order valence-corrected chi connectivity index (χ1v) is 5.15. The van der Waals surface area contributed by atoms with Crippen LogP contribution in [0.5, 0.6) is 5.75 Å². The largest absolute Gasteiger partial charge is 0.508 e. The van der Waals surface area contributed by atoms with Gasteiger partial charge in [-0.15, -0.1) is 0 Å². The molecule has 15 heavy (non-hydrogen) atoms. The molecular weight excluding hydrogens is 210 g/mol. The van der Waals surface area contributed by atoms with Gasteiger partial charge >= 0.3 is 4.87 Å². The summed E-state index contributed by atoms with van der Waals surface area (Å²) < 4.78 is 0.811. The van der Waals surface area contributed by atoms with Crippen LogP contribution in [0.3, 0.4) is 0 Å². The van der Waals surface area contributed by atoms with Crippen LogP contribution < -0.4 is 14.8 Å². The van der Waals surface area contributed by atoms with Crippen LogP contribution in [0.1, 0.15) is 5.56 Å². The number of H-pyrrole nitrogens is 1. The lowest BCUT2D eigenvalue weighted by Crippen LogP contribution is -2.19. The monoisotopic (exact) mass is 219 g/mol. The minimum Gasteiger partial charge on any atom is -0.508 e. The Morgan fingerprint density at radius 3 is 2.53 bits per heavy atom. The van der Waals surface area contributed by atoms with Gasteiger partial charge in [0.2, 0.25) is 0 Å². The van der Waals surface area contributed by atoms with Crippen LogP contribution in [0.25, 0.3) is 12.7 Å². The summed E-state index contributed by atoms with van der Waals surface area (Å²) in [5.74, 6) is 0.226. The molecule has 1 aromatic carbocycles. The predicted octanol–water partition coefficient (Wildman–Crippen LogP) is 0.381. The SMILES string of the molecule is C=c1[nH]c(=O)s/c1=C\c1ccc(O)cc1. The zero-order valence-corrected chi connectivity index (χ0v) is 8.67. The van der Waals surface area contributed by atoms with E-state index < -0.39 is 0 Å². The van der Waals surface area contributed by atoms with Gasteiger partial charge in [-0.2, -0.15) is 0 Å². The molecule has 0 aliphatic heterocycles. The van der Waals surface area contributed by atoms with Crippen molar-refractivity contribution in [2.45, 2.75) is 0 Å². The molecule has 2 rings (SSSR count). The summed E-state index contributed by atoms with van der Waals surface area (Å²) in [7, 11) is 0. The molecular formula is C11H9NO2S. The fourth-order valence-electron chi connectivity index (χ4n) is 1.21. The van der Waals surface area contributed by atoms with Gasteiger partial charge < -0.3 is 10.1 Å². The fourth-order valence-corrected chi connectivity index (χ4v) is 1.95. The molecule has 2 aromatic rings. The Labute approximate surface area is 89.7 Å². The first kappa shape index (κ1) is 9.73. The van der Waals surface area contributed by atoms with Crippen molar-refractivity contribution in [2.75, 3.05) is 0 Å². The summed E-state index contributed by atoms with van der Waals surface area (Å²) in [6, 6.07) is 6.76. The lowest BCUT2D eigenvalue weighted by molar-refractivity contribution is 0.475. The van der Waals surface area contributed by atoms with Gasteiger partial charge in [0.1, 0.15) is 5.75 Å². The Bertz CT molecular complexity index is 622. The number of hydrogen-bond donors (Lipinski definition) is 2. The van der Waals surface area contributed by atoms with Gasteiger partial charge in [0, 0.05) is 0 Å². The topological polar surface area (TPSA) is 53.1 Å². The zero-order chi connectivity index (χ0) is 10.8. The minimum atomic E-state index is -0.106. The number of thiazole rings is 1. The molecule has 76 valence electrons. The molecule has 0 aliphatic carbocycles. The summed E-state index contributed by atoms with van der Waals surface area (Å²) in [5, 5.41) is 9.72. The van der Waals surface area contributed by atoms with Gasteiger partial charge in [0.15, 0.2) is 0 Å². The van der Waals surface area contributed by atoms with Crippen LogP contribution in [-0.2, 0) is 0 Å². The van der Waals surface area contributed by atoms with Gasteiger partial charge in [-0.3, -0.25) is 4.79 Å². The molecule has 1 heterocycles. The molecule has 0 bridgehead atoms. The van der Waals surface area contributed by atoms with Crippen molar-refractivity contribution in [2.24, 2.45) is 0 Å². The maximum Gasteiger partial charge on any atom is 0.305 e. The van der Waals surface area contributed by atoms with Crippen LogP contribution >= 0.6 is 11.3 Å². The molecule has 0 amide bonds. The van der Waals surface area contributed by atoms with Crippen LogP contribution in [0.4, 0.5) is 0 Å². The van der Waals surface area contributed by atoms with E-state index in [2.05, 4.69) is 11.6 Å². The number of phenolic OH excluding ortho intramolecular Hbond substituents is 1. The van der Waals surface area contributed by atoms with E-state index in [-0.39, 0.29) is 10.6 Å². The second-order valence-corrected chi connectivity index (χ2v) is 4.11. The minimum absolute atomic E-state index is 0.106. The van der Waals surface area contributed by atoms with Crippen molar-refractivity contribution < 1.29 is 5.11 Å². The van der Waals surface area contributed by atoms with E-state index in [9.17, 15) is 4.79 Å². The van der Waals surface area contributed by atoms with Gasteiger partial charge in [0.25, 0.3) is 0 Å². The van der Waals surface area contributed by atoms with Crippen molar-refractivity contribution in [3.05, 3.63) is 49.4 Å². The highest BCUT2D eigenvalue weighted by atomic mass is 32.1. The van der Waals surface area contributed by atoms with E-state index in [1.807, 2.05) is 6.08 Å². The zero-order valence-electron chi connectivity index (χ0n) is 7.86. The Kier molecular flexibility index (Phi) is 2.43. The molecule has 0 radical (unpaired) electrons. The highest BCUT2D eigenvalue weighted by Gasteiger charge is 1.92. The third-order valence-corrected chi connectivity index (χ3v) is 2.82. The highest BCUT2D eigenvalue weighted by molar-refractivity contribution is 7.07. The Hall–Kier alpha value is -1.81. The second-order valence-electron chi connectivity index (χ2n) is 3.09. The lowest BCUT2D eigenvalue weighted by Gasteiger charge is -1.92. The standard InChI is InChI=1S/C11H9NO2S/c1-7-10(15-11(14)12-7)6-8-2-4-9(13)5-3-8/h2-6,13H,1H2,(H,12,14)/b10-6-. The maximum atomic E-state index is 11.0. The number of phenols is 1. The molecule has 0 atom stereocenters. The number of aromatic nitrogens is 1. The van der Waals surface area contributed by atoms with Crippen molar-refractivity contribution >= 4 is 24.0 Å². The molecule has 2 N–H and O–H groups in total. The normalized spacial score (nSPS) is 11.9. The Morgan fingerprint density at radius 2 is 2.00 bits per heavy atom. The van der Waals surface area contributed by atoms with E-state index in [0.717, 1.165) is 21.4 Å². The molecule has 0 fully saturated rings. The summed E-state index contributed by atoms with van der Waals surface area (Å²) in [6.45, 7) is 3.73. The first-order chi connectivity index (χ1) is 7.15. The van der Waals surface area contributed by atoms with Crippen molar-refractivity contribution in [3.8, 4) is 5.75 Å². The van der Waals surface area contributed by atoms with E-state index in [4.69, 9.17) is 5.11 Å². The lowest BCUT2D eigenvalue weighted by atomic mass is 10.2. The van der Waals surface area contributed by atoms with Crippen LogP contribution in [-0.4, -0.2) is 10.1 Å². The first-order valence-electron chi connectivity index (χ1n) is 4.34. The third-order valence-electron chi connectivity index (χ3n) is 1.94. The number of aromatic hydroxyl groups is 1. The number of benzene rings is 1. The molecule has 1 aromatic heterocycles. The quantitative estimate of drug-likeness (QED) is 0.728. The number of hydrogen-bond acceptors (Lipinski definition) is 3. The average molecular weight is 219 g/mol. The van der Waals surface area contributed by atoms with Gasteiger partial charge in [0.05, 0.1) is 9.88 Å². The molecule has 0 saturated carbocycles. The van der Waals surface area contributed by atoms with E-state index in [1.165, 1.54) is 0 Å². The van der Waals surface area contributed by atoms with E-state index in [0.29, 0.717) is 5.35 Å². The van der Waals surface area contributed by atoms with Crippen molar-refractivity contribution in [3.63, 3.8) is 0 Å². The molecule has 0 aliphatic rings. The van der Waals surface area contributed by atoms with Gasteiger partial charge in [-0.1, -0.05) is 30.0 Å². The highest BCUT2D eigenvalue weighted by Crippen LogP contribution is 2.09. The average Bonchev–Trinajstić information content (AvgIpc) is 2.49. The summed E-state index contributed by atoms with van der Waals surface area (Å²) >= 11 is 1.12. The van der Waals surface area contributed by atoms with E-state index >= 15 is 0 Å². The molecule has 0 saturated heterocycles. The third kappa shape index (κ3) is 2.16. The van der Waals surface area contributed by atoms with Crippen molar-refractivity contribution in [1.82, 2.24) is 4.98 Å². The predicted molar refractivity (Wildman–Crippen MR) is 61.4 cm³/mol. The summed E-state index contributed by atoms with van der Waals surface area (Å²) in [4.78, 5) is 13.5. The fraction of sp³-hybridized carbons (Fsp3) is 0. The summed E-state index contributed by atoms with van der Waals surface area (Å²) in [5.41, 5.74) is 0.924. The van der Waals surface area contributed by atoms with Gasteiger partial charge in [-0.05, 0) is 23.8 Å². The number of aromatic amines is 1. The summed E-state index contributed by atoms with van der Waals surface area (Å²) in [6.07, 6.45) is 1.85.